The second-order valence-corrected chi connectivity index (χ2v) is 4.63. The average Bonchev–Trinajstić information content (AvgIpc) is 2.34. The minimum atomic E-state index is -0.248. The largest absolute Gasteiger partial charge is 0.462 e. The van der Waals surface area contributed by atoms with Crippen LogP contribution in [0.4, 0.5) is 0 Å². The van der Waals surface area contributed by atoms with E-state index in [1.807, 2.05) is 18.2 Å². The average molecular weight is 235 g/mol. The molecule has 0 radical (unpaired) electrons. The Labute approximate surface area is 103 Å². The van der Waals surface area contributed by atoms with E-state index in [4.69, 9.17) is 4.74 Å². The summed E-state index contributed by atoms with van der Waals surface area (Å²) in [6.45, 7) is 7.58. The number of hydrogen-bond acceptors (Lipinski definition) is 3. The summed E-state index contributed by atoms with van der Waals surface area (Å²) in [4.78, 5) is 11.6. The molecule has 1 aromatic carbocycles. The van der Waals surface area contributed by atoms with Gasteiger partial charge in [0.2, 0.25) is 0 Å². The van der Waals surface area contributed by atoms with Crippen molar-refractivity contribution in [3.05, 3.63) is 35.9 Å². The van der Waals surface area contributed by atoms with Crippen molar-refractivity contribution in [2.45, 2.75) is 26.8 Å². The molecule has 0 aliphatic rings. The third-order valence-electron chi connectivity index (χ3n) is 2.38. The molecule has 1 N–H and O–H groups in total. The fraction of sp³-hybridized carbons (Fsp3) is 0.500. The topological polar surface area (TPSA) is 38.3 Å². The SMILES string of the molecule is CC(CNC(C)C)COC(=O)c1ccccc1. The highest BCUT2D eigenvalue weighted by molar-refractivity contribution is 5.89. The summed E-state index contributed by atoms with van der Waals surface area (Å²) in [5, 5.41) is 3.32. The smallest absolute Gasteiger partial charge is 0.338 e. The van der Waals surface area contributed by atoms with Crippen molar-refractivity contribution in [1.82, 2.24) is 5.32 Å². The highest BCUT2D eigenvalue weighted by atomic mass is 16.5. The summed E-state index contributed by atoms with van der Waals surface area (Å²) in [5.74, 6) is 0.0760. The molecule has 17 heavy (non-hydrogen) atoms. The van der Waals surface area contributed by atoms with E-state index in [0.29, 0.717) is 24.1 Å². The van der Waals surface area contributed by atoms with Crippen molar-refractivity contribution in [3.63, 3.8) is 0 Å². The van der Waals surface area contributed by atoms with Crippen molar-refractivity contribution in [1.29, 1.82) is 0 Å². The Hall–Kier alpha value is -1.35. The summed E-state index contributed by atoms with van der Waals surface area (Å²) in [6, 6.07) is 9.54. The fourth-order valence-corrected chi connectivity index (χ4v) is 1.37. The Balaban J connectivity index is 2.29. The molecule has 0 saturated carbocycles. The van der Waals surface area contributed by atoms with Crippen LogP contribution in [0.5, 0.6) is 0 Å². The van der Waals surface area contributed by atoms with Crippen molar-refractivity contribution in [2.24, 2.45) is 5.92 Å². The van der Waals surface area contributed by atoms with Crippen molar-refractivity contribution >= 4 is 5.97 Å². The van der Waals surface area contributed by atoms with E-state index >= 15 is 0 Å². The van der Waals surface area contributed by atoms with E-state index in [0.717, 1.165) is 6.54 Å². The lowest BCUT2D eigenvalue weighted by atomic mass is 10.2. The molecule has 1 unspecified atom stereocenters. The molecule has 0 heterocycles. The van der Waals surface area contributed by atoms with Crippen molar-refractivity contribution < 1.29 is 9.53 Å². The number of nitrogens with one attached hydrogen (secondary N) is 1. The van der Waals surface area contributed by atoms with Gasteiger partial charge in [0.25, 0.3) is 0 Å². The molecule has 0 aliphatic carbocycles. The van der Waals surface area contributed by atoms with Gasteiger partial charge >= 0.3 is 5.97 Å². The van der Waals surface area contributed by atoms with Gasteiger partial charge in [0.1, 0.15) is 0 Å². The van der Waals surface area contributed by atoms with E-state index in [1.165, 1.54) is 0 Å². The number of carbonyl (C=O) groups excluding carboxylic acids is 1. The van der Waals surface area contributed by atoms with Gasteiger partial charge in [-0.15, -0.1) is 0 Å². The Morgan fingerprint density at radius 2 is 1.88 bits per heavy atom. The number of esters is 1. The zero-order valence-corrected chi connectivity index (χ0v) is 10.8. The molecule has 3 heteroatoms. The normalized spacial score (nSPS) is 12.5. The van der Waals surface area contributed by atoms with Gasteiger partial charge in [0, 0.05) is 18.5 Å². The predicted molar refractivity (Wildman–Crippen MR) is 69.0 cm³/mol. The van der Waals surface area contributed by atoms with Crippen molar-refractivity contribution in [3.8, 4) is 0 Å². The summed E-state index contributed by atoms with van der Waals surface area (Å²) in [5.41, 5.74) is 0.608. The van der Waals surface area contributed by atoms with E-state index in [1.54, 1.807) is 12.1 Å². The van der Waals surface area contributed by atoms with E-state index < -0.39 is 0 Å². The number of ether oxygens (including phenoxy) is 1. The highest BCUT2D eigenvalue weighted by Gasteiger charge is 2.09. The lowest BCUT2D eigenvalue weighted by Crippen LogP contribution is -2.30. The van der Waals surface area contributed by atoms with Gasteiger partial charge in [-0.1, -0.05) is 39.0 Å². The van der Waals surface area contributed by atoms with Crippen LogP contribution < -0.4 is 5.32 Å². The molecule has 1 atom stereocenters. The van der Waals surface area contributed by atoms with Crippen LogP contribution in [0, 0.1) is 5.92 Å². The van der Waals surface area contributed by atoms with Gasteiger partial charge in [-0.2, -0.15) is 0 Å². The summed E-state index contributed by atoms with van der Waals surface area (Å²) in [7, 11) is 0. The molecule has 1 aromatic rings. The first kappa shape index (κ1) is 13.7. The van der Waals surface area contributed by atoms with Gasteiger partial charge in [-0.05, 0) is 12.1 Å². The van der Waals surface area contributed by atoms with Crippen LogP contribution in [-0.2, 0) is 4.74 Å². The highest BCUT2D eigenvalue weighted by Crippen LogP contribution is 2.03. The van der Waals surface area contributed by atoms with Gasteiger partial charge in [0.15, 0.2) is 0 Å². The molecule has 3 nitrogen and oxygen atoms in total. The number of rotatable bonds is 6. The Bertz CT molecular complexity index is 335. The second-order valence-electron chi connectivity index (χ2n) is 4.63. The number of carbonyl (C=O) groups is 1. The monoisotopic (exact) mass is 235 g/mol. The second kappa shape index (κ2) is 7.07. The molecule has 0 amide bonds. The Morgan fingerprint density at radius 3 is 2.47 bits per heavy atom. The number of benzene rings is 1. The van der Waals surface area contributed by atoms with Gasteiger partial charge in [-0.3, -0.25) is 0 Å². The van der Waals surface area contributed by atoms with Crippen LogP contribution >= 0.6 is 0 Å². The standard InChI is InChI=1S/C14H21NO2/c1-11(2)15-9-12(3)10-17-14(16)13-7-5-4-6-8-13/h4-8,11-12,15H,9-10H2,1-3H3. The molecule has 0 fully saturated rings. The third kappa shape index (κ3) is 5.50. The van der Waals surface area contributed by atoms with Gasteiger partial charge in [0.05, 0.1) is 12.2 Å². The first-order chi connectivity index (χ1) is 8.09. The maximum absolute atomic E-state index is 11.6. The van der Waals surface area contributed by atoms with E-state index in [9.17, 15) is 4.79 Å². The third-order valence-corrected chi connectivity index (χ3v) is 2.38. The zero-order chi connectivity index (χ0) is 12.7. The molecule has 0 bridgehead atoms. The first-order valence-electron chi connectivity index (χ1n) is 6.05. The molecule has 0 aliphatic heterocycles. The molecular formula is C14H21NO2. The van der Waals surface area contributed by atoms with E-state index in [-0.39, 0.29) is 5.97 Å². The molecule has 0 saturated heterocycles. The minimum absolute atomic E-state index is 0.248. The van der Waals surface area contributed by atoms with E-state index in [2.05, 4.69) is 26.1 Å². The molecule has 0 spiro atoms. The van der Waals surface area contributed by atoms with Crippen LogP contribution in [0.2, 0.25) is 0 Å². The zero-order valence-electron chi connectivity index (χ0n) is 10.8. The van der Waals surface area contributed by atoms with Crippen LogP contribution in [0.15, 0.2) is 30.3 Å². The fourth-order valence-electron chi connectivity index (χ4n) is 1.37. The van der Waals surface area contributed by atoms with Crippen molar-refractivity contribution in [2.75, 3.05) is 13.2 Å². The molecule has 1 rings (SSSR count). The molecule has 94 valence electrons. The Kier molecular flexibility index (Phi) is 5.70. The van der Waals surface area contributed by atoms with Crippen LogP contribution in [0.1, 0.15) is 31.1 Å². The quantitative estimate of drug-likeness (QED) is 0.770. The Morgan fingerprint density at radius 1 is 1.24 bits per heavy atom. The van der Waals surface area contributed by atoms with Crippen LogP contribution in [0.3, 0.4) is 0 Å². The maximum atomic E-state index is 11.6. The summed E-state index contributed by atoms with van der Waals surface area (Å²) in [6.07, 6.45) is 0. The minimum Gasteiger partial charge on any atom is -0.462 e. The maximum Gasteiger partial charge on any atom is 0.338 e. The first-order valence-corrected chi connectivity index (χ1v) is 6.05. The lowest BCUT2D eigenvalue weighted by Gasteiger charge is -2.15. The van der Waals surface area contributed by atoms with Gasteiger partial charge in [-0.25, -0.2) is 4.79 Å². The molecule has 0 aromatic heterocycles. The lowest BCUT2D eigenvalue weighted by molar-refractivity contribution is 0.0448. The summed E-state index contributed by atoms with van der Waals surface area (Å²) >= 11 is 0. The summed E-state index contributed by atoms with van der Waals surface area (Å²) < 4.78 is 5.24. The predicted octanol–water partition coefficient (Wildman–Crippen LogP) is 2.48. The van der Waals surface area contributed by atoms with Crippen LogP contribution in [0.25, 0.3) is 0 Å². The van der Waals surface area contributed by atoms with Crippen LogP contribution in [-0.4, -0.2) is 25.2 Å². The van der Waals surface area contributed by atoms with Gasteiger partial charge < -0.3 is 10.1 Å². The molecular weight excluding hydrogens is 214 g/mol. The number of hydrogen-bond donors (Lipinski definition) is 1.